The van der Waals surface area contributed by atoms with Crippen LogP contribution in [0.25, 0.3) is 6.08 Å². The monoisotopic (exact) mass is 370 g/mol. The van der Waals surface area contributed by atoms with E-state index in [2.05, 4.69) is 0 Å². The van der Waals surface area contributed by atoms with Gasteiger partial charge < -0.3 is 13.7 Å². The second kappa shape index (κ2) is 10.8. The molecule has 1 aromatic rings. The zero-order chi connectivity index (χ0) is 18.7. The maximum Gasteiger partial charge on any atom is 0.330 e. The summed E-state index contributed by atoms with van der Waals surface area (Å²) in [7, 11) is -2.23. The number of rotatable bonds is 11. The molecule has 0 aliphatic carbocycles. The van der Waals surface area contributed by atoms with Crippen molar-refractivity contribution in [3.63, 3.8) is 0 Å². The summed E-state index contributed by atoms with van der Waals surface area (Å²) in [6.45, 7) is 4.32. The summed E-state index contributed by atoms with van der Waals surface area (Å²) in [6.07, 6.45) is 5.97. The normalized spacial score (nSPS) is 11.5. The highest BCUT2D eigenvalue weighted by atomic mass is 32.2. The fourth-order valence-corrected chi connectivity index (χ4v) is 3.02. The fraction of sp³-hybridized carbons (Fsp3) is 0.500. The van der Waals surface area contributed by atoms with Crippen LogP contribution in [0.4, 0.5) is 0 Å². The van der Waals surface area contributed by atoms with Crippen molar-refractivity contribution in [3.05, 3.63) is 29.8 Å². The maximum atomic E-state index is 11.9. The molecule has 0 saturated heterocycles. The lowest BCUT2D eigenvalue weighted by molar-refractivity contribution is -0.137. The van der Waals surface area contributed by atoms with Crippen LogP contribution in [0, 0.1) is 0 Å². The molecule has 0 amide bonds. The van der Waals surface area contributed by atoms with Crippen LogP contribution in [0.2, 0.25) is 0 Å². The van der Waals surface area contributed by atoms with E-state index in [-0.39, 0.29) is 17.3 Å². The molecule has 0 spiro atoms. The topological polar surface area (TPSA) is 78.9 Å². The van der Waals surface area contributed by atoms with E-state index in [1.807, 2.05) is 13.8 Å². The van der Waals surface area contributed by atoms with Crippen molar-refractivity contribution in [2.45, 2.75) is 39.5 Å². The smallest absolute Gasteiger partial charge is 0.330 e. The van der Waals surface area contributed by atoms with Crippen molar-refractivity contribution in [1.82, 2.24) is 0 Å². The maximum absolute atomic E-state index is 11.9. The second-order valence-electron chi connectivity index (χ2n) is 5.46. The fourth-order valence-electron chi connectivity index (χ4n) is 1.89. The van der Waals surface area contributed by atoms with Crippen LogP contribution < -0.4 is 8.92 Å². The number of esters is 1. The zero-order valence-corrected chi connectivity index (χ0v) is 15.8. The van der Waals surface area contributed by atoms with Crippen molar-refractivity contribution in [2.24, 2.45) is 0 Å². The van der Waals surface area contributed by atoms with Crippen molar-refractivity contribution >= 4 is 22.2 Å². The molecule has 0 atom stereocenters. The van der Waals surface area contributed by atoms with Gasteiger partial charge in [-0.25, -0.2) is 4.79 Å². The Labute approximate surface area is 149 Å². The molecule has 0 aromatic heterocycles. The SMILES string of the molecule is CCCCOC(=O)C=Cc1ccc(OS(=O)(=O)CCCC)c(OC)c1. The van der Waals surface area contributed by atoms with Crippen LogP contribution in [0.5, 0.6) is 11.5 Å². The number of hydrogen-bond acceptors (Lipinski definition) is 6. The van der Waals surface area contributed by atoms with Gasteiger partial charge in [0.05, 0.1) is 19.5 Å². The van der Waals surface area contributed by atoms with Gasteiger partial charge in [-0.3, -0.25) is 0 Å². The molecule has 6 nitrogen and oxygen atoms in total. The van der Waals surface area contributed by atoms with Crippen LogP contribution >= 0.6 is 0 Å². The minimum atomic E-state index is -3.65. The lowest BCUT2D eigenvalue weighted by Crippen LogP contribution is -2.14. The van der Waals surface area contributed by atoms with E-state index in [1.165, 1.54) is 19.3 Å². The quantitative estimate of drug-likeness (QED) is 0.256. The van der Waals surface area contributed by atoms with Gasteiger partial charge in [-0.2, -0.15) is 8.42 Å². The average molecular weight is 370 g/mol. The summed E-state index contributed by atoms with van der Waals surface area (Å²) in [5, 5.41) is 0. The van der Waals surface area contributed by atoms with Gasteiger partial charge in [0.1, 0.15) is 0 Å². The number of carbonyl (C=O) groups excluding carboxylic acids is 1. The minimum absolute atomic E-state index is 0.0437. The Morgan fingerprint density at radius 3 is 2.48 bits per heavy atom. The first-order chi connectivity index (χ1) is 11.9. The number of unbranched alkanes of at least 4 members (excludes halogenated alkanes) is 2. The van der Waals surface area contributed by atoms with E-state index < -0.39 is 16.1 Å². The molecule has 0 radical (unpaired) electrons. The highest BCUT2D eigenvalue weighted by molar-refractivity contribution is 7.87. The summed E-state index contributed by atoms with van der Waals surface area (Å²) >= 11 is 0. The Morgan fingerprint density at radius 2 is 1.84 bits per heavy atom. The van der Waals surface area contributed by atoms with Crippen LogP contribution in [-0.4, -0.2) is 33.9 Å². The summed E-state index contributed by atoms with van der Waals surface area (Å²) < 4.78 is 39.1. The van der Waals surface area contributed by atoms with E-state index in [9.17, 15) is 13.2 Å². The largest absolute Gasteiger partial charge is 0.493 e. The van der Waals surface area contributed by atoms with E-state index in [0.717, 1.165) is 19.3 Å². The standard InChI is InChI=1S/C18H26O6S/c1-4-6-12-23-18(19)11-9-15-8-10-16(17(14-15)22-3)24-25(20,21)13-7-5-2/h8-11,14H,4-7,12-13H2,1-3H3. The summed E-state index contributed by atoms with van der Waals surface area (Å²) in [5.74, 6) is -0.0597. The molecule has 0 heterocycles. The van der Waals surface area contributed by atoms with E-state index in [1.54, 1.807) is 18.2 Å². The van der Waals surface area contributed by atoms with Crippen molar-refractivity contribution < 1.29 is 26.9 Å². The molecule has 1 rings (SSSR count). The van der Waals surface area contributed by atoms with Gasteiger partial charge >= 0.3 is 16.1 Å². The first kappa shape index (κ1) is 21.0. The van der Waals surface area contributed by atoms with Gasteiger partial charge in [0.25, 0.3) is 0 Å². The van der Waals surface area contributed by atoms with Gasteiger partial charge in [-0.05, 0) is 36.6 Å². The molecule has 0 aliphatic rings. The van der Waals surface area contributed by atoms with Crippen LogP contribution in [0.3, 0.4) is 0 Å². The van der Waals surface area contributed by atoms with Crippen LogP contribution in [0.1, 0.15) is 45.1 Å². The Bertz CT molecular complexity index is 679. The molecule has 0 saturated carbocycles. The Kier molecular flexibility index (Phi) is 9.05. The van der Waals surface area contributed by atoms with Gasteiger partial charge in [0.15, 0.2) is 11.5 Å². The predicted molar refractivity (Wildman–Crippen MR) is 97.2 cm³/mol. The molecule has 0 fully saturated rings. The average Bonchev–Trinajstić information content (AvgIpc) is 2.59. The molecule has 7 heteroatoms. The Balaban J connectivity index is 2.79. The molecular weight excluding hydrogens is 344 g/mol. The number of carbonyl (C=O) groups is 1. The molecule has 0 bridgehead atoms. The van der Waals surface area contributed by atoms with E-state index in [0.29, 0.717) is 18.6 Å². The number of methoxy groups -OCH3 is 1. The highest BCUT2D eigenvalue weighted by Gasteiger charge is 2.15. The van der Waals surface area contributed by atoms with E-state index in [4.69, 9.17) is 13.7 Å². The first-order valence-corrected chi connectivity index (χ1v) is 9.94. The van der Waals surface area contributed by atoms with Crippen molar-refractivity contribution in [2.75, 3.05) is 19.5 Å². The summed E-state index contributed by atoms with van der Waals surface area (Å²) in [6, 6.07) is 4.74. The van der Waals surface area contributed by atoms with Crippen molar-refractivity contribution in [1.29, 1.82) is 0 Å². The number of hydrogen-bond donors (Lipinski definition) is 0. The third-order valence-electron chi connectivity index (χ3n) is 3.31. The predicted octanol–water partition coefficient (Wildman–Crippen LogP) is 3.56. The van der Waals surface area contributed by atoms with Gasteiger partial charge in [0.2, 0.25) is 0 Å². The Hall–Kier alpha value is -2.02. The highest BCUT2D eigenvalue weighted by Crippen LogP contribution is 2.30. The Morgan fingerprint density at radius 1 is 1.12 bits per heavy atom. The second-order valence-corrected chi connectivity index (χ2v) is 7.15. The molecule has 0 aliphatic heterocycles. The molecular formula is C18H26O6S. The summed E-state index contributed by atoms with van der Waals surface area (Å²) in [4.78, 5) is 11.6. The summed E-state index contributed by atoms with van der Waals surface area (Å²) in [5.41, 5.74) is 0.669. The molecule has 1 aromatic carbocycles. The molecule has 0 N–H and O–H groups in total. The molecule has 140 valence electrons. The van der Waals surface area contributed by atoms with Gasteiger partial charge in [-0.15, -0.1) is 0 Å². The molecule has 25 heavy (non-hydrogen) atoms. The zero-order valence-electron chi connectivity index (χ0n) is 15.0. The number of benzene rings is 1. The lowest BCUT2D eigenvalue weighted by Gasteiger charge is -2.11. The lowest BCUT2D eigenvalue weighted by atomic mass is 10.2. The van der Waals surface area contributed by atoms with Gasteiger partial charge in [0, 0.05) is 6.08 Å². The van der Waals surface area contributed by atoms with Crippen molar-refractivity contribution in [3.8, 4) is 11.5 Å². The number of ether oxygens (including phenoxy) is 2. The third kappa shape index (κ3) is 8.07. The first-order valence-electron chi connectivity index (χ1n) is 8.37. The minimum Gasteiger partial charge on any atom is -0.493 e. The molecule has 0 unspecified atom stereocenters. The van der Waals surface area contributed by atoms with E-state index >= 15 is 0 Å². The van der Waals surface area contributed by atoms with Gasteiger partial charge in [-0.1, -0.05) is 32.8 Å². The van der Waals surface area contributed by atoms with Crippen LogP contribution in [0.15, 0.2) is 24.3 Å². The third-order valence-corrected chi connectivity index (χ3v) is 4.53. The van der Waals surface area contributed by atoms with Crippen LogP contribution in [-0.2, 0) is 19.6 Å².